The molecule has 0 radical (unpaired) electrons. The molecule has 28 heavy (non-hydrogen) atoms. The number of nitrogen functional groups attached to an aromatic ring is 1. The van der Waals surface area contributed by atoms with E-state index in [0.29, 0.717) is 40.5 Å². The molecule has 0 fully saturated rings. The van der Waals surface area contributed by atoms with Gasteiger partial charge in [0, 0.05) is 11.3 Å². The number of thiophene rings is 1. The number of carbonyl (C=O) groups excluding carboxylic acids is 2. The van der Waals surface area contributed by atoms with Gasteiger partial charge in [-0.2, -0.15) is 0 Å². The van der Waals surface area contributed by atoms with Crippen molar-refractivity contribution in [1.82, 2.24) is 14.9 Å². The van der Waals surface area contributed by atoms with Crippen molar-refractivity contribution >= 4 is 40.0 Å². The molecule has 0 spiro atoms. The molecule has 0 saturated heterocycles. The lowest BCUT2D eigenvalue weighted by atomic mass is 9.88. The minimum Gasteiger partial charge on any atom is -0.462 e. The molecule has 3 rings (SSSR count). The fourth-order valence-electron chi connectivity index (χ4n) is 3.20. The van der Waals surface area contributed by atoms with E-state index in [1.165, 1.54) is 32.7 Å². The Bertz CT molecular complexity index is 877. The van der Waals surface area contributed by atoms with Gasteiger partial charge in [-0.15, -0.1) is 21.5 Å². The molecule has 0 aliphatic heterocycles. The zero-order valence-electron chi connectivity index (χ0n) is 16.3. The zero-order chi connectivity index (χ0) is 20.3. The van der Waals surface area contributed by atoms with Crippen LogP contribution in [-0.2, 0) is 28.8 Å². The summed E-state index contributed by atoms with van der Waals surface area (Å²) in [6.07, 6.45) is 3.46. The number of aryl methyl sites for hydroxylation is 1. The number of nitrogens with two attached hydrogens (primary N) is 1. The molecule has 2 aromatic heterocycles. The zero-order valence-corrected chi connectivity index (χ0v) is 17.9. The minimum absolute atomic E-state index is 0.125. The number of esters is 1. The summed E-state index contributed by atoms with van der Waals surface area (Å²) in [6, 6.07) is 0. The van der Waals surface area contributed by atoms with Crippen molar-refractivity contribution in [2.45, 2.75) is 51.6 Å². The normalized spacial score (nSPS) is 15.9. The maximum atomic E-state index is 12.5. The molecule has 8 nitrogen and oxygen atoms in total. The van der Waals surface area contributed by atoms with Gasteiger partial charge in [-0.25, -0.2) is 9.47 Å². The topological polar surface area (TPSA) is 112 Å². The molecule has 2 aromatic rings. The minimum atomic E-state index is -0.369. The Morgan fingerprint density at radius 1 is 1.39 bits per heavy atom. The van der Waals surface area contributed by atoms with Crippen molar-refractivity contribution in [2.75, 3.05) is 23.5 Å². The third-order valence-corrected chi connectivity index (χ3v) is 6.74. The van der Waals surface area contributed by atoms with Crippen molar-refractivity contribution in [2.24, 2.45) is 5.92 Å². The van der Waals surface area contributed by atoms with Gasteiger partial charge in [0.1, 0.15) is 5.00 Å². The molecular formula is C18H25N5O3S2. The van der Waals surface area contributed by atoms with Crippen LogP contribution in [0.25, 0.3) is 0 Å². The molecule has 0 saturated carbocycles. The number of hydrogen-bond acceptors (Lipinski definition) is 8. The van der Waals surface area contributed by atoms with E-state index in [-0.39, 0.29) is 17.6 Å². The monoisotopic (exact) mass is 423 g/mol. The summed E-state index contributed by atoms with van der Waals surface area (Å²) in [5, 5.41) is 11.9. The highest BCUT2D eigenvalue weighted by molar-refractivity contribution is 7.99. The third-order valence-electron chi connectivity index (χ3n) is 4.63. The second kappa shape index (κ2) is 8.95. The number of carbonyl (C=O) groups is 2. The van der Waals surface area contributed by atoms with E-state index in [9.17, 15) is 9.59 Å². The Morgan fingerprint density at radius 2 is 2.18 bits per heavy atom. The predicted molar refractivity (Wildman–Crippen MR) is 110 cm³/mol. The van der Waals surface area contributed by atoms with E-state index in [2.05, 4.69) is 22.4 Å². The van der Waals surface area contributed by atoms with Crippen LogP contribution in [0.4, 0.5) is 5.00 Å². The van der Waals surface area contributed by atoms with Gasteiger partial charge in [-0.05, 0) is 37.7 Å². The lowest BCUT2D eigenvalue weighted by Gasteiger charge is -2.18. The van der Waals surface area contributed by atoms with Crippen LogP contribution in [0.5, 0.6) is 0 Å². The first-order chi connectivity index (χ1) is 13.4. The van der Waals surface area contributed by atoms with Crippen LogP contribution in [0.2, 0.25) is 0 Å². The predicted octanol–water partition coefficient (Wildman–Crippen LogP) is 2.65. The average Bonchev–Trinajstić information content (AvgIpc) is 3.19. The maximum absolute atomic E-state index is 12.5. The molecule has 0 aromatic carbocycles. The van der Waals surface area contributed by atoms with Crippen molar-refractivity contribution < 1.29 is 14.3 Å². The number of hydrogen-bond donors (Lipinski definition) is 2. The molecule has 0 bridgehead atoms. The molecule has 1 aliphatic carbocycles. The van der Waals surface area contributed by atoms with Gasteiger partial charge in [0.15, 0.2) is 5.82 Å². The van der Waals surface area contributed by atoms with Gasteiger partial charge < -0.3 is 15.9 Å². The summed E-state index contributed by atoms with van der Waals surface area (Å²) < 4.78 is 6.63. The maximum Gasteiger partial charge on any atom is 0.341 e. The highest BCUT2D eigenvalue weighted by Crippen LogP contribution is 2.40. The van der Waals surface area contributed by atoms with Crippen molar-refractivity contribution in [1.29, 1.82) is 0 Å². The Labute approximate surface area is 172 Å². The van der Waals surface area contributed by atoms with Crippen molar-refractivity contribution in [3.05, 3.63) is 21.8 Å². The molecule has 2 heterocycles. The number of amides is 1. The lowest BCUT2D eigenvalue weighted by molar-refractivity contribution is -0.113. The van der Waals surface area contributed by atoms with Gasteiger partial charge in [0.25, 0.3) is 0 Å². The summed E-state index contributed by atoms with van der Waals surface area (Å²) in [4.78, 5) is 26.2. The number of anilines is 1. The molecule has 1 atom stereocenters. The summed E-state index contributed by atoms with van der Waals surface area (Å²) >= 11 is 2.69. The first-order valence-electron chi connectivity index (χ1n) is 9.38. The van der Waals surface area contributed by atoms with Crippen LogP contribution in [0.1, 0.15) is 53.8 Å². The van der Waals surface area contributed by atoms with E-state index >= 15 is 0 Å². The van der Waals surface area contributed by atoms with Gasteiger partial charge in [-0.1, -0.05) is 25.6 Å². The van der Waals surface area contributed by atoms with E-state index < -0.39 is 0 Å². The number of nitrogens with zero attached hydrogens (tertiary/aromatic N) is 3. The number of thioether (sulfide) groups is 1. The lowest BCUT2D eigenvalue weighted by Crippen LogP contribution is -2.18. The number of nitrogens with one attached hydrogen (secondary N) is 1. The van der Waals surface area contributed by atoms with Crippen LogP contribution < -0.4 is 11.2 Å². The Morgan fingerprint density at radius 3 is 2.86 bits per heavy atom. The molecule has 1 amide bonds. The number of ether oxygens (including phenoxy) is 1. The van der Waals surface area contributed by atoms with E-state index in [1.807, 2.05) is 6.92 Å². The summed E-state index contributed by atoms with van der Waals surface area (Å²) in [7, 11) is 0. The Hall–Kier alpha value is -2.07. The fourth-order valence-corrected chi connectivity index (χ4v) is 5.29. The van der Waals surface area contributed by atoms with E-state index in [1.54, 1.807) is 6.92 Å². The van der Waals surface area contributed by atoms with Gasteiger partial charge in [0.2, 0.25) is 11.1 Å². The molecule has 152 valence electrons. The standard InChI is InChI=1S/C18H25N5O3S2/c1-4-13-21-22-18(23(13)19)27-9-14(24)20-16-15(17(25)26-5-2)11-7-6-10(3)8-12(11)28-16/h10H,4-9,19H2,1-3H3,(H,20,24)/t10-/m1/s1. The number of fused-ring (bicyclic) bond motifs is 1. The summed E-state index contributed by atoms with van der Waals surface area (Å²) in [5.41, 5.74) is 1.54. The Kier molecular flexibility index (Phi) is 6.61. The molecule has 10 heteroatoms. The average molecular weight is 424 g/mol. The van der Waals surface area contributed by atoms with Crippen LogP contribution in [0.3, 0.4) is 0 Å². The van der Waals surface area contributed by atoms with Crippen LogP contribution in [0.15, 0.2) is 5.16 Å². The SMILES string of the molecule is CCOC(=O)c1c(NC(=O)CSc2nnc(CC)n2N)sc2c1CC[C@@H](C)C2. The second-order valence-electron chi connectivity index (χ2n) is 6.74. The fraction of sp³-hybridized carbons (Fsp3) is 0.556. The summed E-state index contributed by atoms with van der Waals surface area (Å²) in [6.45, 7) is 6.22. The molecule has 0 unspecified atom stereocenters. The van der Waals surface area contributed by atoms with E-state index in [4.69, 9.17) is 10.6 Å². The highest BCUT2D eigenvalue weighted by atomic mass is 32.2. The number of aromatic nitrogens is 3. The smallest absolute Gasteiger partial charge is 0.341 e. The van der Waals surface area contributed by atoms with Crippen LogP contribution in [-0.4, -0.2) is 39.1 Å². The number of rotatable bonds is 7. The van der Waals surface area contributed by atoms with Gasteiger partial charge in [0.05, 0.1) is 17.9 Å². The second-order valence-corrected chi connectivity index (χ2v) is 8.78. The quantitative estimate of drug-likeness (QED) is 0.400. The van der Waals surface area contributed by atoms with Crippen molar-refractivity contribution in [3.63, 3.8) is 0 Å². The Balaban J connectivity index is 1.74. The van der Waals surface area contributed by atoms with Gasteiger partial charge in [-0.3, -0.25) is 4.79 Å². The third kappa shape index (κ3) is 4.33. The van der Waals surface area contributed by atoms with Crippen LogP contribution >= 0.6 is 23.1 Å². The first-order valence-corrected chi connectivity index (χ1v) is 11.2. The van der Waals surface area contributed by atoms with Crippen molar-refractivity contribution in [3.8, 4) is 0 Å². The van der Waals surface area contributed by atoms with Crippen LogP contribution in [0, 0.1) is 5.92 Å². The summed E-state index contributed by atoms with van der Waals surface area (Å²) in [5.74, 6) is 6.68. The first kappa shape index (κ1) is 20.7. The highest BCUT2D eigenvalue weighted by Gasteiger charge is 2.29. The molecule has 1 aliphatic rings. The van der Waals surface area contributed by atoms with Gasteiger partial charge >= 0.3 is 5.97 Å². The molecular weight excluding hydrogens is 398 g/mol. The van der Waals surface area contributed by atoms with E-state index in [0.717, 1.165) is 24.8 Å². The molecule has 3 N–H and O–H groups in total. The largest absolute Gasteiger partial charge is 0.462 e.